The number of phosphoric acid groups is 1. The van der Waals surface area contributed by atoms with Crippen molar-refractivity contribution in [2.75, 3.05) is 13.2 Å². The van der Waals surface area contributed by atoms with E-state index in [-0.39, 0.29) is 19.4 Å². The second-order valence-electron chi connectivity index (χ2n) is 13.2. The molecule has 0 spiro atoms. The SMILES string of the molecule is CCCC/C=C/CCCCCCCCCCCC(=O)O[C@H](COC(=O)CCCCC/C=C/CCCCCCCCCC)COP(=O)(O)O. The predicted octanol–water partition coefficient (Wildman–Crippen LogP) is 11.6. The molecule has 0 aromatic carbocycles. The van der Waals surface area contributed by atoms with Crippen LogP contribution < -0.4 is 0 Å². The van der Waals surface area contributed by atoms with Gasteiger partial charge in [-0.25, -0.2) is 4.57 Å². The van der Waals surface area contributed by atoms with E-state index in [0.717, 1.165) is 44.9 Å². The van der Waals surface area contributed by atoms with E-state index in [9.17, 15) is 14.2 Å². The summed E-state index contributed by atoms with van der Waals surface area (Å²) in [5.74, 6) is -0.902. The third kappa shape index (κ3) is 37.4. The fraction of sp³-hybridized carbons (Fsp3) is 0.846. The molecule has 282 valence electrons. The average molecular weight is 701 g/mol. The number of rotatable bonds is 36. The van der Waals surface area contributed by atoms with Gasteiger partial charge in [0.25, 0.3) is 0 Å². The highest BCUT2D eigenvalue weighted by atomic mass is 31.2. The monoisotopic (exact) mass is 701 g/mol. The van der Waals surface area contributed by atoms with Gasteiger partial charge in [0, 0.05) is 12.8 Å². The maximum Gasteiger partial charge on any atom is 0.469 e. The van der Waals surface area contributed by atoms with Gasteiger partial charge in [-0.05, 0) is 57.8 Å². The second kappa shape index (κ2) is 35.4. The maximum absolute atomic E-state index is 12.4. The zero-order valence-corrected chi connectivity index (χ0v) is 31.8. The molecule has 1 atom stereocenters. The molecule has 0 unspecified atom stereocenters. The van der Waals surface area contributed by atoms with Crippen LogP contribution >= 0.6 is 7.82 Å². The van der Waals surface area contributed by atoms with Gasteiger partial charge in [-0.15, -0.1) is 0 Å². The van der Waals surface area contributed by atoms with Gasteiger partial charge in [-0.1, -0.05) is 147 Å². The molecule has 0 amide bonds. The summed E-state index contributed by atoms with van der Waals surface area (Å²) in [4.78, 5) is 42.7. The summed E-state index contributed by atoms with van der Waals surface area (Å²) < 4.78 is 26.3. The van der Waals surface area contributed by atoms with E-state index < -0.39 is 32.5 Å². The van der Waals surface area contributed by atoms with Crippen molar-refractivity contribution in [3.05, 3.63) is 24.3 Å². The van der Waals surface area contributed by atoms with Crippen LogP contribution in [0.3, 0.4) is 0 Å². The Kier molecular flexibility index (Phi) is 34.3. The second-order valence-corrected chi connectivity index (χ2v) is 14.5. The molecule has 0 aromatic rings. The van der Waals surface area contributed by atoms with E-state index in [2.05, 4.69) is 42.7 Å². The van der Waals surface area contributed by atoms with Gasteiger partial charge >= 0.3 is 19.8 Å². The Labute approximate surface area is 294 Å². The summed E-state index contributed by atoms with van der Waals surface area (Å²) in [7, 11) is -4.75. The highest BCUT2D eigenvalue weighted by Gasteiger charge is 2.22. The van der Waals surface area contributed by atoms with Gasteiger partial charge in [0.15, 0.2) is 6.10 Å². The van der Waals surface area contributed by atoms with Crippen LogP contribution in [0.5, 0.6) is 0 Å². The number of ether oxygens (including phenoxy) is 2. The van der Waals surface area contributed by atoms with E-state index in [1.807, 2.05) is 0 Å². The number of unbranched alkanes of at least 4 members (excludes halogenated alkanes) is 22. The molecule has 0 fully saturated rings. The lowest BCUT2D eigenvalue weighted by molar-refractivity contribution is -0.161. The van der Waals surface area contributed by atoms with Crippen molar-refractivity contribution in [2.24, 2.45) is 0 Å². The van der Waals surface area contributed by atoms with Crippen molar-refractivity contribution in [1.29, 1.82) is 0 Å². The summed E-state index contributed by atoms with van der Waals surface area (Å²) in [6, 6.07) is 0. The van der Waals surface area contributed by atoms with Crippen LogP contribution in [0, 0.1) is 0 Å². The van der Waals surface area contributed by atoms with Gasteiger partial charge in [0.1, 0.15) is 6.61 Å². The number of esters is 2. The normalized spacial score (nSPS) is 12.7. The van der Waals surface area contributed by atoms with Crippen molar-refractivity contribution >= 4 is 19.8 Å². The standard InChI is InChI=1S/C39H73O8P/c1-3-5-7-9-11-13-15-17-19-21-23-25-27-29-31-33-38(40)45-35-37(36-46-48(42,43)44)47-39(41)34-32-30-28-26-24-22-20-18-16-14-12-10-8-6-4-2/h10,12,21,23,37H,3-9,11,13-20,22,24-36H2,1-2H3,(H2,42,43,44)/b12-10+,23-21+/t37-/m1/s1. The van der Waals surface area contributed by atoms with Gasteiger partial charge in [0.2, 0.25) is 0 Å². The van der Waals surface area contributed by atoms with E-state index in [1.165, 1.54) is 109 Å². The predicted molar refractivity (Wildman–Crippen MR) is 198 cm³/mol. The van der Waals surface area contributed by atoms with E-state index in [4.69, 9.17) is 19.3 Å². The highest BCUT2D eigenvalue weighted by Crippen LogP contribution is 2.36. The lowest BCUT2D eigenvalue weighted by Gasteiger charge is -2.18. The zero-order valence-electron chi connectivity index (χ0n) is 30.9. The number of allylic oxidation sites excluding steroid dienone is 4. The smallest absolute Gasteiger partial charge is 0.462 e. The molecule has 0 heterocycles. The van der Waals surface area contributed by atoms with Crippen LogP contribution in [-0.4, -0.2) is 41.0 Å². The number of hydrogen-bond acceptors (Lipinski definition) is 6. The molecule has 0 saturated heterocycles. The van der Waals surface area contributed by atoms with Crippen molar-refractivity contribution in [3.8, 4) is 0 Å². The van der Waals surface area contributed by atoms with Crippen LogP contribution in [0.2, 0.25) is 0 Å². The van der Waals surface area contributed by atoms with Crippen molar-refractivity contribution in [3.63, 3.8) is 0 Å². The lowest BCUT2D eigenvalue weighted by atomic mass is 10.1. The van der Waals surface area contributed by atoms with Gasteiger partial charge in [0.05, 0.1) is 6.61 Å². The minimum absolute atomic E-state index is 0.208. The van der Waals surface area contributed by atoms with Crippen molar-refractivity contribution in [1.82, 2.24) is 0 Å². The van der Waals surface area contributed by atoms with Gasteiger partial charge < -0.3 is 19.3 Å². The summed E-state index contributed by atoms with van der Waals surface area (Å²) >= 11 is 0. The Morgan fingerprint density at radius 1 is 0.521 bits per heavy atom. The summed E-state index contributed by atoms with van der Waals surface area (Å²) in [6.45, 7) is 3.64. The van der Waals surface area contributed by atoms with Gasteiger partial charge in [-0.3, -0.25) is 14.1 Å². The lowest BCUT2D eigenvalue weighted by Crippen LogP contribution is -2.29. The topological polar surface area (TPSA) is 119 Å². The first-order chi connectivity index (χ1) is 23.3. The van der Waals surface area contributed by atoms with Crippen LogP contribution in [0.25, 0.3) is 0 Å². The summed E-state index contributed by atoms with van der Waals surface area (Å²) in [6.07, 6.45) is 39.0. The molecule has 0 saturated carbocycles. The van der Waals surface area contributed by atoms with Crippen molar-refractivity contribution < 1.29 is 37.9 Å². The molecular formula is C39H73O8P. The fourth-order valence-electron chi connectivity index (χ4n) is 5.47. The number of carbonyl (C=O) groups is 2. The fourth-order valence-corrected chi connectivity index (χ4v) is 5.83. The molecule has 2 N–H and O–H groups in total. The Hall–Kier alpha value is -1.47. The van der Waals surface area contributed by atoms with Crippen LogP contribution in [0.15, 0.2) is 24.3 Å². The molecule has 0 aliphatic rings. The number of phosphoric ester groups is 1. The summed E-state index contributed by atoms with van der Waals surface area (Å²) in [5.41, 5.74) is 0. The Morgan fingerprint density at radius 3 is 1.35 bits per heavy atom. The van der Waals surface area contributed by atoms with Gasteiger partial charge in [-0.2, -0.15) is 0 Å². The maximum atomic E-state index is 12.4. The Bertz CT molecular complexity index is 838. The minimum atomic E-state index is -4.75. The van der Waals surface area contributed by atoms with E-state index in [1.54, 1.807) is 0 Å². The van der Waals surface area contributed by atoms with E-state index >= 15 is 0 Å². The molecule has 0 bridgehead atoms. The van der Waals surface area contributed by atoms with Crippen LogP contribution in [-0.2, 0) is 28.2 Å². The minimum Gasteiger partial charge on any atom is -0.462 e. The molecule has 0 rings (SSSR count). The third-order valence-corrected chi connectivity index (χ3v) is 8.93. The van der Waals surface area contributed by atoms with Crippen LogP contribution in [0.1, 0.15) is 194 Å². The molecule has 48 heavy (non-hydrogen) atoms. The molecule has 0 aliphatic heterocycles. The molecule has 9 heteroatoms. The third-order valence-electron chi connectivity index (χ3n) is 8.44. The quantitative estimate of drug-likeness (QED) is 0.0287. The molecule has 0 aromatic heterocycles. The summed E-state index contributed by atoms with van der Waals surface area (Å²) in [5, 5.41) is 0. The first kappa shape index (κ1) is 46.5. The first-order valence-electron chi connectivity index (χ1n) is 19.6. The molecule has 0 aliphatic carbocycles. The average Bonchev–Trinajstić information content (AvgIpc) is 3.05. The first-order valence-corrected chi connectivity index (χ1v) is 21.2. The van der Waals surface area contributed by atoms with Crippen molar-refractivity contribution in [2.45, 2.75) is 200 Å². The Morgan fingerprint density at radius 2 is 0.896 bits per heavy atom. The zero-order chi connectivity index (χ0) is 35.4. The van der Waals surface area contributed by atoms with Crippen LogP contribution in [0.4, 0.5) is 0 Å². The molecular weight excluding hydrogens is 627 g/mol. The Balaban J connectivity index is 3.96. The largest absolute Gasteiger partial charge is 0.469 e. The molecule has 0 radical (unpaired) electrons. The molecule has 8 nitrogen and oxygen atoms in total. The highest BCUT2D eigenvalue weighted by molar-refractivity contribution is 7.46. The van der Waals surface area contributed by atoms with E-state index in [0.29, 0.717) is 12.8 Å². The number of hydrogen-bond donors (Lipinski definition) is 2. The number of carbonyl (C=O) groups excluding carboxylic acids is 2.